The molecule has 0 fully saturated rings. The summed E-state index contributed by atoms with van der Waals surface area (Å²) in [6.07, 6.45) is 6.60. The summed E-state index contributed by atoms with van der Waals surface area (Å²) < 4.78 is 3.13. The number of carbonyl (C=O) groups excluding carboxylic acids is 1. The van der Waals surface area contributed by atoms with E-state index in [4.69, 9.17) is 0 Å². The van der Waals surface area contributed by atoms with Gasteiger partial charge in [-0.3, -0.25) is 14.3 Å². The van der Waals surface area contributed by atoms with Crippen LogP contribution in [0.3, 0.4) is 0 Å². The maximum atomic E-state index is 11.9. The minimum Gasteiger partial charge on any atom is -0.325 e. The molecule has 0 aliphatic heterocycles. The van der Waals surface area contributed by atoms with E-state index in [1.165, 1.54) is 4.57 Å². The summed E-state index contributed by atoms with van der Waals surface area (Å²) in [7, 11) is 3.41. The molecule has 7 nitrogen and oxygen atoms in total. The van der Waals surface area contributed by atoms with Crippen molar-refractivity contribution < 1.29 is 4.79 Å². The molecule has 2 heterocycles. The second-order valence-corrected chi connectivity index (χ2v) is 6.05. The molecule has 0 radical (unpaired) electrons. The number of Topliss-reactive ketones (excluding diaryl/α,β-unsaturated/α-hetero) is 1. The average Bonchev–Trinajstić information content (AvgIpc) is 2.81. The molecule has 2 aromatic rings. The van der Waals surface area contributed by atoms with Crippen molar-refractivity contribution in [3.63, 3.8) is 0 Å². The van der Waals surface area contributed by atoms with Crippen molar-refractivity contribution in [3.8, 4) is 0 Å². The van der Waals surface area contributed by atoms with Gasteiger partial charge in [0.05, 0.1) is 0 Å². The third-order valence-corrected chi connectivity index (χ3v) is 4.16. The molecular weight excluding hydrogens is 296 g/mol. The number of hydrogen-bond donors (Lipinski definition) is 1. The summed E-state index contributed by atoms with van der Waals surface area (Å²) in [5, 5.41) is 0. The molecule has 0 saturated carbocycles. The van der Waals surface area contributed by atoms with Crippen LogP contribution < -0.4 is 11.2 Å². The zero-order chi connectivity index (χ0) is 17.0. The first-order valence-corrected chi connectivity index (χ1v) is 8.06. The fourth-order valence-corrected chi connectivity index (χ4v) is 2.76. The Morgan fingerprint density at radius 1 is 1.04 bits per heavy atom. The van der Waals surface area contributed by atoms with E-state index in [2.05, 4.69) is 9.97 Å². The quantitative estimate of drug-likeness (QED) is 0.745. The lowest BCUT2D eigenvalue weighted by molar-refractivity contribution is -0.117. The minimum absolute atomic E-state index is 0.250. The summed E-state index contributed by atoms with van der Waals surface area (Å²) >= 11 is 0. The minimum atomic E-state index is -0.447. The highest BCUT2D eigenvalue weighted by Gasteiger charge is 2.14. The van der Waals surface area contributed by atoms with Crippen molar-refractivity contribution in [2.75, 3.05) is 0 Å². The molecule has 2 aromatic heterocycles. The van der Waals surface area contributed by atoms with Gasteiger partial charge in [0.15, 0.2) is 11.2 Å². The smallest absolute Gasteiger partial charge is 0.325 e. The van der Waals surface area contributed by atoms with Crippen LogP contribution in [0.2, 0.25) is 0 Å². The van der Waals surface area contributed by atoms with Crippen LogP contribution in [0, 0.1) is 0 Å². The SMILES string of the molecule is CC(=O)CCCCCCCc1nc2c(c(=O)[nH]c(=O)n2C)n1C. The number of unbranched alkanes of at least 4 members (excludes halogenated alkanes) is 4. The zero-order valence-electron chi connectivity index (χ0n) is 14.0. The van der Waals surface area contributed by atoms with Gasteiger partial charge in [0.1, 0.15) is 11.6 Å². The Bertz CT molecular complexity index is 813. The predicted octanol–water partition coefficient (Wildman–Crippen LogP) is 1.43. The van der Waals surface area contributed by atoms with Crippen molar-refractivity contribution in [2.45, 2.75) is 51.9 Å². The number of rotatable bonds is 8. The number of ketones is 1. The predicted molar refractivity (Wildman–Crippen MR) is 88.7 cm³/mol. The average molecular weight is 320 g/mol. The molecule has 0 aromatic carbocycles. The molecule has 0 amide bonds. The van der Waals surface area contributed by atoms with Gasteiger partial charge in [0, 0.05) is 26.9 Å². The van der Waals surface area contributed by atoms with E-state index in [-0.39, 0.29) is 5.78 Å². The second kappa shape index (κ2) is 7.39. The Kier molecular flexibility index (Phi) is 5.52. The lowest BCUT2D eigenvalue weighted by Gasteiger charge is -2.02. The molecule has 0 spiro atoms. The first kappa shape index (κ1) is 17.2. The van der Waals surface area contributed by atoms with E-state index in [1.807, 2.05) is 0 Å². The van der Waals surface area contributed by atoms with E-state index >= 15 is 0 Å². The molecule has 0 saturated heterocycles. The third kappa shape index (κ3) is 3.97. The number of carbonyl (C=O) groups is 1. The summed E-state index contributed by atoms with van der Waals surface area (Å²) in [4.78, 5) is 41.2. The van der Waals surface area contributed by atoms with E-state index < -0.39 is 11.2 Å². The summed E-state index contributed by atoms with van der Waals surface area (Å²) in [6, 6.07) is 0. The Balaban J connectivity index is 1.97. The van der Waals surface area contributed by atoms with Gasteiger partial charge in [-0.05, 0) is 19.8 Å². The number of fused-ring (bicyclic) bond motifs is 1. The van der Waals surface area contributed by atoms with Crippen LogP contribution in [0.15, 0.2) is 9.59 Å². The Labute approximate surface area is 134 Å². The lowest BCUT2D eigenvalue weighted by Crippen LogP contribution is -2.29. The molecule has 23 heavy (non-hydrogen) atoms. The number of H-pyrrole nitrogens is 1. The molecule has 7 heteroatoms. The van der Waals surface area contributed by atoms with Crippen LogP contribution in [-0.2, 0) is 25.3 Å². The van der Waals surface area contributed by atoms with Crippen LogP contribution >= 0.6 is 0 Å². The topological polar surface area (TPSA) is 89.8 Å². The number of aromatic amines is 1. The van der Waals surface area contributed by atoms with E-state index in [0.29, 0.717) is 17.6 Å². The normalized spacial score (nSPS) is 11.3. The first-order valence-electron chi connectivity index (χ1n) is 8.06. The van der Waals surface area contributed by atoms with Gasteiger partial charge < -0.3 is 9.36 Å². The fraction of sp³-hybridized carbons (Fsp3) is 0.625. The number of hydrogen-bond acceptors (Lipinski definition) is 4. The third-order valence-electron chi connectivity index (χ3n) is 4.16. The van der Waals surface area contributed by atoms with Crippen molar-refractivity contribution >= 4 is 16.9 Å². The molecule has 0 atom stereocenters. The van der Waals surface area contributed by atoms with Crippen LogP contribution in [0.4, 0.5) is 0 Å². The number of aromatic nitrogens is 4. The van der Waals surface area contributed by atoms with Crippen LogP contribution in [0.5, 0.6) is 0 Å². The monoisotopic (exact) mass is 320 g/mol. The molecule has 0 bridgehead atoms. The van der Waals surface area contributed by atoms with E-state index in [0.717, 1.165) is 44.3 Å². The molecule has 126 valence electrons. The van der Waals surface area contributed by atoms with Crippen LogP contribution in [0.1, 0.15) is 51.3 Å². The molecule has 0 aliphatic carbocycles. The number of imidazole rings is 1. The highest BCUT2D eigenvalue weighted by molar-refractivity contribution is 5.75. The van der Waals surface area contributed by atoms with Gasteiger partial charge in [0.2, 0.25) is 0 Å². The number of aryl methyl sites for hydroxylation is 3. The van der Waals surface area contributed by atoms with Gasteiger partial charge in [-0.15, -0.1) is 0 Å². The van der Waals surface area contributed by atoms with E-state index in [1.54, 1.807) is 25.6 Å². The lowest BCUT2D eigenvalue weighted by atomic mass is 10.1. The number of nitrogens with zero attached hydrogens (tertiary/aromatic N) is 3. The maximum absolute atomic E-state index is 11.9. The molecule has 0 unspecified atom stereocenters. The summed E-state index contributed by atoms with van der Waals surface area (Å²) in [5.74, 6) is 1.07. The van der Waals surface area contributed by atoms with Gasteiger partial charge >= 0.3 is 5.69 Å². The largest absolute Gasteiger partial charge is 0.329 e. The standard InChI is InChI=1S/C16H24N4O3/c1-11(21)9-7-5-4-6-8-10-12-17-14-13(19(12)2)15(22)18-16(23)20(14)3/h4-10H2,1-3H3,(H,18,22,23). The molecule has 1 N–H and O–H groups in total. The van der Waals surface area contributed by atoms with Crippen molar-refractivity contribution in [3.05, 3.63) is 26.7 Å². The summed E-state index contributed by atoms with van der Waals surface area (Å²) in [6.45, 7) is 1.63. The molecule has 2 rings (SSSR count). The second-order valence-electron chi connectivity index (χ2n) is 6.05. The van der Waals surface area contributed by atoms with Crippen LogP contribution in [0.25, 0.3) is 11.2 Å². The highest BCUT2D eigenvalue weighted by atomic mass is 16.2. The van der Waals surface area contributed by atoms with E-state index in [9.17, 15) is 14.4 Å². The van der Waals surface area contributed by atoms with Crippen LogP contribution in [-0.4, -0.2) is 24.9 Å². The Morgan fingerprint density at radius 2 is 1.70 bits per heavy atom. The summed E-state index contributed by atoms with van der Waals surface area (Å²) in [5.41, 5.74) is 0.0208. The Hall–Kier alpha value is -2.18. The van der Waals surface area contributed by atoms with Crippen molar-refractivity contribution in [1.29, 1.82) is 0 Å². The maximum Gasteiger partial charge on any atom is 0.329 e. The van der Waals surface area contributed by atoms with Crippen molar-refractivity contribution in [2.24, 2.45) is 14.1 Å². The van der Waals surface area contributed by atoms with Crippen molar-refractivity contribution in [1.82, 2.24) is 19.1 Å². The molecular formula is C16H24N4O3. The van der Waals surface area contributed by atoms with Gasteiger partial charge in [-0.2, -0.15) is 0 Å². The van der Waals surface area contributed by atoms with Gasteiger partial charge in [-0.25, -0.2) is 9.78 Å². The zero-order valence-corrected chi connectivity index (χ0v) is 14.0. The highest BCUT2D eigenvalue weighted by Crippen LogP contribution is 2.13. The van der Waals surface area contributed by atoms with Gasteiger partial charge in [-0.1, -0.05) is 19.3 Å². The Morgan fingerprint density at radius 3 is 2.39 bits per heavy atom. The first-order chi connectivity index (χ1) is 10.9. The fourth-order valence-electron chi connectivity index (χ4n) is 2.76. The van der Waals surface area contributed by atoms with Gasteiger partial charge in [0.25, 0.3) is 5.56 Å². The molecule has 0 aliphatic rings. The number of nitrogens with one attached hydrogen (secondary N) is 1.